The van der Waals surface area contributed by atoms with Crippen LogP contribution in [0.1, 0.15) is 25.0 Å². The molecule has 0 saturated carbocycles. The van der Waals surface area contributed by atoms with Gasteiger partial charge in [0.1, 0.15) is 16.5 Å². The zero-order valence-electron chi connectivity index (χ0n) is 15.7. The van der Waals surface area contributed by atoms with E-state index in [0.29, 0.717) is 0 Å². The van der Waals surface area contributed by atoms with Crippen LogP contribution in [0.5, 0.6) is 11.5 Å². The highest BCUT2D eigenvalue weighted by molar-refractivity contribution is 7.13. The Kier molecular flexibility index (Phi) is 4.85. The maximum absolute atomic E-state index is 6.24. The Morgan fingerprint density at radius 3 is 2.79 bits per heavy atom. The van der Waals surface area contributed by atoms with Crippen molar-refractivity contribution in [1.29, 1.82) is 0 Å². The number of aromatic amines is 1. The fraction of sp³-hybridized carbons (Fsp3) is 0.261. The third-order valence-corrected chi connectivity index (χ3v) is 6.08. The van der Waals surface area contributed by atoms with Crippen LogP contribution in [0, 0.1) is 0 Å². The van der Waals surface area contributed by atoms with E-state index in [-0.39, 0.29) is 0 Å². The SMILES string of the molecule is c1ccc(-c2nccs2)c(Oc2ccc3cc(CN4CCCCC4)[nH]c3c2)c1. The normalized spacial score (nSPS) is 15.1. The molecule has 4 aromatic rings. The number of H-pyrrole nitrogens is 1. The van der Waals surface area contributed by atoms with Crippen LogP contribution in [0.25, 0.3) is 21.5 Å². The van der Waals surface area contributed by atoms with Gasteiger partial charge in [0, 0.05) is 35.4 Å². The topological polar surface area (TPSA) is 41.1 Å². The smallest absolute Gasteiger partial charge is 0.137 e. The third kappa shape index (κ3) is 3.68. The maximum Gasteiger partial charge on any atom is 0.137 e. The second-order valence-corrected chi connectivity index (χ2v) is 8.21. The number of nitrogens with one attached hydrogen (secondary N) is 1. The minimum atomic E-state index is 0.830. The Morgan fingerprint density at radius 2 is 1.93 bits per heavy atom. The van der Waals surface area contributed by atoms with Gasteiger partial charge in [-0.25, -0.2) is 4.98 Å². The number of hydrogen-bond donors (Lipinski definition) is 1. The summed E-state index contributed by atoms with van der Waals surface area (Å²) in [6, 6.07) is 16.6. The fourth-order valence-corrected chi connectivity index (χ4v) is 4.56. The predicted octanol–water partition coefficient (Wildman–Crippen LogP) is 6.07. The van der Waals surface area contributed by atoms with E-state index in [4.69, 9.17) is 4.74 Å². The first-order valence-corrected chi connectivity index (χ1v) is 10.7. The molecule has 4 nitrogen and oxygen atoms in total. The summed E-state index contributed by atoms with van der Waals surface area (Å²) in [6.45, 7) is 3.41. The number of likely N-dealkylation sites (tertiary alicyclic amines) is 1. The molecule has 28 heavy (non-hydrogen) atoms. The molecule has 0 radical (unpaired) electrons. The molecule has 0 aliphatic carbocycles. The summed E-state index contributed by atoms with van der Waals surface area (Å²) in [6.07, 6.45) is 5.82. The number of ether oxygens (including phenoxy) is 1. The van der Waals surface area contributed by atoms with Crippen molar-refractivity contribution in [2.45, 2.75) is 25.8 Å². The highest BCUT2D eigenvalue weighted by Crippen LogP contribution is 2.35. The van der Waals surface area contributed by atoms with Gasteiger partial charge in [0.15, 0.2) is 0 Å². The van der Waals surface area contributed by atoms with Gasteiger partial charge in [-0.3, -0.25) is 4.90 Å². The quantitative estimate of drug-likeness (QED) is 0.450. The maximum atomic E-state index is 6.24. The number of rotatable bonds is 5. The molecule has 2 aromatic heterocycles. The lowest BCUT2D eigenvalue weighted by atomic mass is 10.1. The molecule has 0 atom stereocenters. The molecule has 5 heteroatoms. The van der Waals surface area contributed by atoms with Crippen molar-refractivity contribution in [2.75, 3.05) is 13.1 Å². The predicted molar refractivity (Wildman–Crippen MR) is 115 cm³/mol. The average Bonchev–Trinajstić information content (AvgIpc) is 3.38. The minimum Gasteiger partial charge on any atom is -0.457 e. The van der Waals surface area contributed by atoms with Crippen molar-refractivity contribution in [3.05, 3.63) is 65.8 Å². The Labute approximate surface area is 168 Å². The molecule has 142 valence electrons. The van der Waals surface area contributed by atoms with Crippen molar-refractivity contribution < 1.29 is 4.74 Å². The Hall–Kier alpha value is -2.63. The van der Waals surface area contributed by atoms with E-state index in [0.717, 1.165) is 34.1 Å². The van der Waals surface area contributed by atoms with Gasteiger partial charge in [0.25, 0.3) is 0 Å². The van der Waals surface area contributed by atoms with Gasteiger partial charge in [0.05, 0.1) is 5.56 Å². The largest absolute Gasteiger partial charge is 0.457 e. The summed E-state index contributed by atoms with van der Waals surface area (Å²) in [5.41, 5.74) is 3.42. The van der Waals surface area contributed by atoms with E-state index in [2.05, 4.69) is 39.1 Å². The van der Waals surface area contributed by atoms with Crippen molar-refractivity contribution in [3.8, 4) is 22.1 Å². The zero-order chi connectivity index (χ0) is 18.8. The second kappa shape index (κ2) is 7.78. The zero-order valence-corrected chi connectivity index (χ0v) is 16.5. The van der Waals surface area contributed by atoms with Crippen LogP contribution in [0.2, 0.25) is 0 Å². The minimum absolute atomic E-state index is 0.830. The molecule has 0 amide bonds. The van der Waals surface area contributed by atoms with Crippen molar-refractivity contribution in [3.63, 3.8) is 0 Å². The van der Waals surface area contributed by atoms with E-state index >= 15 is 0 Å². The lowest BCUT2D eigenvalue weighted by Gasteiger charge is -2.25. The molecule has 1 aliphatic rings. The summed E-state index contributed by atoms with van der Waals surface area (Å²) in [4.78, 5) is 10.5. The lowest BCUT2D eigenvalue weighted by molar-refractivity contribution is 0.219. The van der Waals surface area contributed by atoms with E-state index < -0.39 is 0 Å². The highest BCUT2D eigenvalue weighted by Gasteiger charge is 2.13. The van der Waals surface area contributed by atoms with Crippen LogP contribution >= 0.6 is 11.3 Å². The highest BCUT2D eigenvalue weighted by atomic mass is 32.1. The Balaban J connectivity index is 1.38. The summed E-state index contributed by atoms with van der Waals surface area (Å²) in [5.74, 6) is 1.67. The monoisotopic (exact) mass is 389 g/mol. The first-order valence-electron chi connectivity index (χ1n) is 9.86. The van der Waals surface area contributed by atoms with Crippen LogP contribution in [-0.4, -0.2) is 28.0 Å². The molecular formula is C23H23N3OS. The van der Waals surface area contributed by atoms with E-state index in [1.165, 1.54) is 43.4 Å². The third-order valence-electron chi connectivity index (χ3n) is 5.27. The molecule has 1 aliphatic heterocycles. The van der Waals surface area contributed by atoms with Gasteiger partial charge < -0.3 is 9.72 Å². The molecule has 5 rings (SSSR count). The molecule has 1 fully saturated rings. The van der Waals surface area contributed by atoms with Crippen LogP contribution in [0.3, 0.4) is 0 Å². The van der Waals surface area contributed by atoms with Crippen LogP contribution in [-0.2, 0) is 6.54 Å². The summed E-state index contributed by atoms with van der Waals surface area (Å²) < 4.78 is 6.24. The van der Waals surface area contributed by atoms with Gasteiger partial charge >= 0.3 is 0 Å². The van der Waals surface area contributed by atoms with Gasteiger partial charge in [-0.1, -0.05) is 18.6 Å². The number of thiazole rings is 1. The first kappa shape index (κ1) is 17.5. The fourth-order valence-electron chi connectivity index (χ4n) is 3.89. The molecule has 2 aromatic carbocycles. The molecule has 0 spiro atoms. The summed E-state index contributed by atoms with van der Waals surface area (Å²) in [5, 5.41) is 4.19. The number of piperidine rings is 1. The molecule has 1 N–H and O–H groups in total. The van der Waals surface area contributed by atoms with Crippen molar-refractivity contribution >= 4 is 22.2 Å². The number of benzene rings is 2. The van der Waals surface area contributed by atoms with Gasteiger partial charge in [-0.05, 0) is 61.6 Å². The molecule has 3 heterocycles. The van der Waals surface area contributed by atoms with Crippen LogP contribution < -0.4 is 4.74 Å². The first-order chi connectivity index (χ1) is 13.8. The average molecular weight is 390 g/mol. The Morgan fingerprint density at radius 1 is 1.04 bits per heavy atom. The van der Waals surface area contributed by atoms with E-state index in [1.54, 1.807) is 11.3 Å². The van der Waals surface area contributed by atoms with Gasteiger partial charge in [0.2, 0.25) is 0 Å². The lowest BCUT2D eigenvalue weighted by Crippen LogP contribution is -2.29. The molecular weight excluding hydrogens is 366 g/mol. The Bertz CT molecular complexity index is 1060. The second-order valence-electron chi connectivity index (χ2n) is 7.32. The number of hydrogen-bond acceptors (Lipinski definition) is 4. The molecule has 1 saturated heterocycles. The number of fused-ring (bicyclic) bond motifs is 1. The summed E-state index contributed by atoms with van der Waals surface area (Å²) >= 11 is 1.62. The van der Waals surface area contributed by atoms with Crippen molar-refractivity contribution in [2.24, 2.45) is 0 Å². The number of para-hydroxylation sites is 1. The van der Waals surface area contributed by atoms with Gasteiger partial charge in [-0.2, -0.15) is 0 Å². The standard InChI is InChI=1S/C23H23N3OS/c1-4-11-26(12-5-1)16-18-14-17-8-9-19(15-21(17)25-18)27-22-7-3-2-6-20(22)23-24-10-13-28-23/h2-3,6-10,13-15,25H,1,4-5,11-12,16H2. The van der Waals surface area contributed by atoms with E-state index in [9.17, 15) is 0 Å². The molecule has 0 unspecified atom stereocenters. The summed E-state index contributed by atoms with van der Waals surface area (Å²) in [7, 11) is 0. The van der Waals surface area contributed by atoms with E-state index in [1.807, 2.05) is 35.8 Å². The number of nitrogens with zero attached hydrogens (tertiary/aromatic N) is 2. The van der Waals surface area contributed by atoms with Gasteiger partial charge in [-0.15, -0.1) is 11.3 Å². The molecule has 0 bridgehead atoms. The number of aromatic nitrogens is 2. The van der Waals surface area contributed by atoms with Crippen LogP contribution in [0.15, 0.2) is 60.1 Å². The van der Waals surface area contributed by atoms with Crippen LogP contribution in [0.4, 0.5) is 0 Å². The van der Waals surface area contributed by atoms with Crippen molar-refractivity contribution in [1.82, 2.24) is 14.9 Å².